The van der Waals surface area contributed by atoms with E-state index < -0.39 is 5.60 Å². The minimum Gasteiger partial charge on any atom is -0.390 e. The molecule has 1 fully saturated rings. The summed E-state index contributed by atoms with van der Waals surface area (Å²) in [5.74, 6) is 0. The molecule has 166 valence electrons. The summed E-state index contributed by atoms with van der Waals surface area (Å²) in [4.78, 5) is 7.09. The second-order valence-electron chi connectivity index (χ2n) is 9.43. The Balaban J connectivity index is 1.41. The monoisotopic (exact) mass is 420 g/mol. The van der Waals surface area contributed by atoms with Crippen LogP contribution in [0.4, 0.5) is 0 Å². The molecular formula is C26H36N4O. The Morgan fingerprint density at radius 2 is 1.74 bits per heavy atom. The third-order valence-electron chi connectivity index (χ3n) is 6.84. The van der Waals surface area contributed by atoms with Crippen LogP contribution in [0.5, 0.6) is 0 Å². The van der Waals surface area contributed by atoms with Gasteiger partial charge in [-0.2, -0.15) is 5.10 Å². The van der Waals surface area contributed by atoms with E-state index in [1.807, 2.05) is 11.4 Å². The molecule has 1 aliphatic rings. The SMILES string of the molecule is CCc1nn2c(C)cc(C)nc2c1Cc1ccc(CCCC2(O)CCN(C)CC2)cc1. The maximum absolute atomic E-state index is 10.8. The number of fused-ring (bicyclic) bond motifs is 1. The Hall–Kier alpha value is -2.24. The van der Waals surface area contributed by atoms with Gasteiger partial charge in [0.1, 0.15) is 0 Å². The summed E-state index contributed by atoms with van der Waals surface area (Å²) in [6, 6.07) is 11.1. The van der Waals surface area contributed by atoms with Crippen LogP contribution in [0.3, 0.4) is 0 Å². The van der Waals surface area contributed by atoms with Crippen molar-refractivity contribution in [2.75, 3.05) is 20.1 Å². The highest BCUT2D eigenvalue weighted by Crippen LogP contribution is 2.27. The van der Waals surface area contributed by atoms with Crippen LogP contribution in [0, 0.1) is 13.8 Å². The molecule has 0 saturated carbocycles. The Kier molecular flexibility index (Phi) is 6.44. The van der Waals surface area contributed by atoms with Crippen LogP contribution in [-0.4, -0.2) is 50.3 Å². The van der Waals surface area contributed by atoms with E-state index >= 15 is 0 Å². The zero-order chi connectivity index (χ0) is 22.0. The van der Waals surface area contributed by atoms with Crippen LogP contribution < -0.4 is 0 Å². The molecule has 1 N–H and O–H groups in total. The van der Waals surface area contributed by atoms with Gasteiger partial charge in [0.05, 0.1) is 11.3 Å². The van der Waals surface area contributed by atoms with Crippen molar-refractivity contribution in [1.29, 1.82) is 0 Å². The van der Waals surface area contributed by atoms with Crippen LogP contribution in [0.25, 0.3) is 5.65 Å². The maximum atomic E-state index is 10.8. The molecule has 1 aromatic carbocycles. The summed E-state index contributed by atoms with van der Waals surface area (Å²) in [5.41, 5.74) is 7.72. The molecule has 4 rings (SSSR count). The first kappa shape index (κ1) is 22.0. The minimum atomic E-state index is -0.463. The number of hydrogen-bond donors (Lipinski definition) is 1. The van der Waals surface area contributed by atoms with Crippen LogP contribution in [-0.2, 0) is 19.3 Å². The number of piperidine rings is 1. The van der Waals surface area contributed by atoms with Crippen LogP contribution >= 0.6 is 0 Å². The molecule has 0 aliphatic carbocycles. The topological polar surface area (TPSA) is 53.7 Å². The lowest BCUT2D eigenvalue weighted by Gasteiger charge is -2.36. The first-order valence-electron chi connectivity index (χ1n) is 11.7. The molecule has 1 aliphatic heterocycles. The van der Waals surface area contributed by atoms with Crippen molar-refractivity contribution in [3.8, 4) is 0 Å². The standard InChI is InChI=1S/C26H36N4O/c1-5-24-23(25-27-19(2)17-20(3)30(25)28-24)18-22-10-8-21(9-11-22)7-6-12-26(31)13-15-29(4)16-14-26/h8-11,17,31H,5-7,12-16,18H2,1-4H3. The van der Waals surface area contributed by atoms with E-state index in [-0.39, 0.29) is 0 Å². The Labute approximate surface area is 186 Å². The predicted molar refractivity (Wildman–Crippen MR) is 126 cm³/mol. The first-order valence-corrected chi connectivity index (χ1v) is 11.7. The molecular weight excluding hydrogens is 384 g/mol. The van der Waals surface area contributed by atoms with Gasteiger partial charge < -0.3 is 10.0 Å². The molecule has 0 amide bonds. The number of hydrogen-bond acceptors (Lipinski definition) is 4. The Bertz CT molecular complexity index is 1030. The van der Waals surface area contributed by atoms with E-state index in [1.54, 1.807) is 0 Å². The van der Waals surface area contributed by atoms with Gasteiger partial charge in [0.2, 0.25) is 0 Å². The van der Waals surface area contributed by atoms with Gasteiger partial charge in [0.15, 0.2) is 5.65 Å². The van der Waals surface area contributed by atoms with Gasteiger partial charge >= 0.3 is 0 Å². The van der Waals surface area contributed by atoms with Gasteiger partial charge in [0.25, 0.3) is 0 Å². The van der Waals surface area contributed by atoms with E-state index in [0.717, 1.165) is 80.8 Å². The second-order valence-corrected chi connectivity index (χ2v) is 9.43. The Morgan fingerprint density at radius 3 is 2.42 bits per heavy atom. The molecule has 5 heteroatoms. The molecule has 31 heavy (non-hydrogen) atoms. The van der Waals surface area contributed by atoms with Gasteiger partial charge in [-0.25, -0.2) is 9.50 Å². The van der Waals surface area contributed by atoms with E-state index in [0.29, 0.717) is 0 Å². The van der Waals surface area contributed by atoms with E-state index in [4.69, 9.17) is 10.1 Å². The number of aryl methyl sites for hydroxylation is 4. The highest BCUT2D eigenvalue weighted by Gasteiger charge is 2.30. The van der Waals surface area contributed by atoms with Crippen molar-refractivity contribution in [3.63, 3.8) is 0 Å². The summed E-state index contributed by atoms with van der Waals surface area (Å²) in [5, 5.41) is 15.6. The highest BCUT2D eigenvalue weighted by molar-refractivity contribution is 5.53. The van der Waals surface area contributed by atoms with Crippen LogP contribution in [0.15, 0.2) is 30.3 Å². The number of likely N-dealkylation sites (tertiary alicyclic amines) is 1. The highest BCUT2D eigenvalue weighted by atomic mass is 16.3. The first-order chi connectivity index (χ1) is 14.9. The molecule has 0 atom stereocenters. The number of nitrogens with zero attached hydrogens (tertiary/aromatic N) is 4. The molecule has 0 bridgehead atoms. The molecule has 0 radical (unpaired) electrons. The lowest BCUT2D eigenvalue weighted by Crippen LogP contribution is -2.42. The lowest BCUT2D eigenvalue weighted by atomic mass is 9.86. The molecule has 0 unspecified atom stereocenters. The fourth-order valence-corrected chi connectivity index (χ4v) is 4.81. The van der Waals surface area contributed by atoms with Crippen molar-refractivity contribution in [3.05, 3.63) is 64.1 Å². The summed E-state index contributed by atoms with van der Waals surface area (Å²) >= 11 is 0. The lowest BCUT2D eigenvalue weighted by molar-refractivity contribution is -0.0236. The number of benzene rings is 1. The van der Waals surface area contributed by atoms with Crippen molar-refractivity contribution in [2.24, 2.45) is 0 Å². The van der Waals surface area contributed by atoms with Crippen molar-refractivity contribution < 1.29 is 5.11 Å². The molecule has 2 aromatic heterocycles. The summed E-state index contributed by atoms with van der Waals surface area (Å²) in [7, 11) is 2.13. The van der Waals surface area contributed by atoms with Crippen molar-refractivity contribution >= 4 is 5.65 Å². The summed E-state index contributed by atoms with van der Waals surface area (Å²) < 4.78 is 1.99. The zero-order valence-corrected chi connectivity index (χ0v) is 19.5. The Morgan fingerprint density at radius 1 is 1.06 bits per heavy atom. The number of aliphatic hydroxyl groups is 1. The maximum Gasteiger partial charge on any atom is 0.159 e. The normalized spacial score (nSPS) is 16.8. The molecule has 0 spiro atoms. The fourth-order valence-electron chi connectivity index (χ4n) is 4.81. The van der Waals surface area contributed by atoms with Gasteiger partial charge in [-0.15, -0.1) is 0 Å². The predicted octanol–water partition coefficient (Wildman–Crippen LogP) is 4.28. The minimum absolute atomic E-state index is 0.463. The third kappa shape index (κ3) is 4.99. The number of rotatable bonds is 7. The molecule has 5 nitrogen and oxygen atoms in total. The number of aromatic nitrogens is 3. The van der Waals surface area contributed by atoms with Gasteiger partial charge in [-0.1, -0.05) is 31.2 Å². The largest absolute Gasteiger partial charge is 0.390 e. The van der Waals surface area contributed by atoms with Crippen LogP contribution in [0.2, 0.25) is 0 Å². The fraction of sp³-hybridized carbons (Fsp3) is 0.538. The van der Waals surface area contributed by atoms with Gasteiger partial charge in [-0.3, -0.25) is 0 Å². The second kappa shape index (κ2) is 9.09. The third-order valence-corrected chi connectivity index (χ3v) is 6.84. The molecule has 3 aromatic rings. The van der Waals surface area contributed by atoms with Gasteiger partial charge in [0, 0.05) is 36.5 Å². The zero-order valence-electron chi connectivity index (χ0n) is 19.5. The van der Waals surface area contributed by atoms with Crippen molar-refractivity contribution in [1.82, 2.24) is 19.5 Å². The van der Waals surface area contributed by atoms with Crippen molar-refractivity contribution in [2.45, 2.75) is 71.3 Å². The average Bonchev–Trinajstić information content (AvgIpc) is 3.09. The van der Waals surface area contributed by atoms with Gasteiger partial charge in [-0.05, 0) is 76.6 Å². The van der Waals surface area contributed by atoms with E-state index in [1.165, 1.54) is 16.7 Å². The molecule has 3 heterocycles. The van der Waals surface area contributed by atoms with E-state index in [9.17, 15) is 5.11 Å². The van der Waals surface area contributed by atoms with Crippen LogP contribution in [0.1, 0.15) is 66.4 Å². The summed E-state index contributed by atoms with van der Waals surface area (Å²) in [6.07, 6.45) is 6.52. The summed E-state index contributed by atoms with van der Waals surface area (Å²) in [6.45, 7) is 8.31. The quantitative estimate of drug-likeness (QED) is 0.620. The smallest absolute Gasteiger partial charge is 0.159 e. The molecule has 1 saturated heterocycles. The van der Waals surface area contributed by atoms with E-state index in [2.05, 4.69) is 56.1 Å². The average molecular weight is 421 g/mol.